The summed E-state index contributed by atoms with van der Waals surface area (Å²) in [7, 11) is 0. The molecule has 112 valence electrons. The third-order valence-electron chi connectivity index (χ3n) is 3.30. The van der Waals surface area contributed by atoms with Gasteiger partial charge in [-0.2, -0.15) is 0 Å². The lowest BCUT2D eigenvalue weighted by atomic mass is 10.2. The normalized spacial score (nSPS) is 10.9. The summed E-state index contributed by atoms with van der Waals surface area (Å²) in [5.41, 5.74) is 2.44. The van der Waals surface area contributed by atoms with Gasteiger partial charge >= 0.3 is 0 Å². The summed E-state index contributed by atoms with van der Waals surface area (Å²) in [6.45, 7) is 8.34. The summed E-state index contributed by atoms with van der Waals surface area (Å²) in [5.74, 6) is 2.31. The molecule has 0 unspecified atom stereocenters. The lowest BCUT2D eigenvalue weighted by molar-refractivity contribution is 0.466. The molecule has 0 aliphatic carbocycles. The van der Waals surface area contributed by atoms with Crippen LogP contribution in [-0.4, -0.2) is 11.5 Å². The Hall–Kier alpha value is -1.87. The van der Waals surface area contributed by atoms with Crippen molar-refractivity contribution in [2.45, 2.75) is 33.7 Å². The standard InChI is InChI=1S/C18H24N2O/c1-4-15-5-7-17(8-6-15)21-18-13-19-10-9-16(18)12-20-11-14(2)3/h5-10,13-14,20H,4,11-12H2,1-3H3. The van der Waals surface area contributed by atoms with Crippen molar-refractivity contribution in [1.82, 2.24) is 10.3 Å². The molecule has 0 radical (unpaired) electrons. The molecule has 1 aromatic heterocycles. The first-order valence-corrected chi connectivity index (χ1v) is 7.59. The zero-order valence-corrected chi connectivity index (χ0v) is 13.1. The lowest BCUT2D eigenvalue weighted by Gasteiger charge is -2.12. The number of nitrogens with one attached hydrogen (secondary N) is 1. The maximum atomic E-state index is 5.96. The van der Waals surface area contributed by atoms with Gasteiger partial charge in [0.1, 0.15) is 11.5 Å². The second kappa shape index (κ2) is 7.79. The largest absolute Gasteiger partial charge is 0.455 e. The van der Waals surface area contributed by atoms with Crippen molar-refractivity contribution in [1.29, 1.82) is 0 Å². The highest BCUT2D eigenvalue weighted by Crippen LogP contribution is 2.24. The van der Waals surface area contributed by atoms with E-state index in [9.17, 15) is 0 Å². The van der Waals surface area contributed by atoms with Gasteiger partial charge in [0, 0.05) is 18.3 Å². The van der Waals surface area contributed by atoms with Crippen LogP contribution in [0, 0.1) is 5.92 Å². The number of aryl methyl sites for hydroxylation is 1. The van der Waals surface area contributed by atoms with Crippen molar-refractivity contribution in [3.63, 3.8) is 0 Å². The molecule has 2 aromatic rings. The van der Waals surface area contributed by atoms with Gasteiger partial charge in [0.15, 0.2) is 0 Å². The van der Waals surface area contributed by atoms with Gasteiger partial charge in [-0.3, -0.25) is 4.98 Å². The predicted octanol–water partition coefficient (Wildman–Crippen LogP) is 4.18. The number of pyridine rings is 1. The van der Waals surface area contributed by atoms with E-state index < -0.39 is 0 Å². The average Bonchev–Trinajstić information content (AvgIpc) is 2.49. The van der Waals surface area contributed by atoms with Crippen molar-refractivity contribution < 1.29 is 4.74 Å². The molecular formula is C18H24N2O. The molecular weight excluding hydrogens is 260 g/mol. The van der Waals surface area contributed by atoms with Gasteiger partial charge in [0.05, 0.1) is 6.20 Å². The molecule has 3 nitrogen and oxygen atoms in total. The van der Waals surface area contributed by atoms with E-state index in [0.29, 0.717) is 5.92 Å². The molecule has 0 spiro atoms. The SMILES string of the molecule is CCc1ccc(Oc2cnccc2CNCC(C)C)cc1. The number of ether oxygens (including phenoxy) is 1. The molecule has 1 aromatic carbocycles. The third-order valence-corrected chi connectivity index (χ3v) is 3.30. The van der Waals surface area contributed by atoms with Crippen LogP contribution in [0.25, 0.3) is 0 Å². The topological polar surface area (TPSA) is 34.1 Å². The van der Waals surface area contributed by atoms with Gasteiger partial charge in [0.25, 0.3) is 0 Å². The van der Waals surface area contributed by atoms with Gasteiger partial charge in [-0.25, -0.2) is 0 Å². The summed E-state index contributed by atoms with van der Waals surface area (Å²) < 4.78 is 5.96. The molecule has 1 N–H and O–H groups in total. The Kier molecular flexibility index (Phi) is 5.76. The van der Waals surface area contributed by atoms with Crippen LogP contribution in [0.4, 0.5) is 0 Å². The summed E-state index contributed by atoms with van der Waals surface area (Å²) in [6.07, 6.45) is 4.62. The van der Waals surface area contributed by atoms with Gasteiger partial charge in [-0.1, -0.05) is 32.9 Å². The molecule has 0 atom stereocenters. The van der Waals surface area contributed by atoms with E-state index in [1.54, 1.807) is 12.4 Å². The van der Waals surface area contributed by atoms with Crippen LogP contribution in [0.15, 0.2) is 42.7 Å². The number of aromatic nitrogens is 1. The van der Waals surface area contributed by atoms with Gasteiger partial charge in [0.2, 0.25) is 0 Å². The Morgan fingerprint density at radius 3 is 2.57 bits per heavy atom. The summed E-state index contributed by atoms with van der Waals surface area (Å²) >= 11 is 0. The summed E-state index contributed by atoms with van der Waals surface area (Å²) in [6, 6.07) is 10.2. The van der Waals surface area contributed by atoms with Crippen LogP contribution in [0.2, 0.25) is 0 Å². The zero-order valence-electron chi connectivity index (χ0n) is 13.1. The Morgan fingerprint density at radius 1 is 1.14 bits per heavy atom. The Morgan fingerprint density at radius 2 is 1.90 bits per heavy atom. The monoisotopic (exact) mass is 284 g/mol. The Balaban J connectivity index is 2.04. The molecule has 0 aliphatic heterocycles. The molecule has 21 heavy (non-hydrogen) atoms. The fraction of sp³-hybridized carbons (Fsp3) is 0.389. The highest BCUT2D eigenvalue weighted by atomic mass is 16.5. The van der Waals surface area contributed by atoms with E-state index in [0.717, 1.165) is 36.6 Å². The van der Waals surface area contributed by atoms with Crippen LogP contribution in [0.3, 0.4) is 0 Å². The van der Waals surface area contributed by atoms with E-state index in [2.05, 4.69) is 43.2 Å². The smallest absolute Gasteiger partial charge is 0.150 e. The molecule has 3 heteroatoms. The van der Waals surface area contributed by atoms with Crippen LogP contribution < -0.4 is 10.1 Å². The maximum absolute atomic E-state index is 5.96. The molecule has 2 rings (SSSR count). The molecule has 1 heterocycles. The second-order valence-electron chi connectivity index (χ2n) is 5.61. The fourth-order valence-electron chi connectivity index (χ4n) is 2.06. The molecule has 0 amide bonds. The van der Waals surface area contributed by atoms with Crippen molar-refractivity contribution >= 4 is 0 Å². The Labute approximate surface area is 127 Å². The van der Waals surface area contributed by atoms with Crippen LogP contribution in [-0.2, 0) is 13.0 Å². The molecule has 0 saturated heterocycles. The molecule has 0 aliphatic rings. The van der Waals surface area contributed by atoms with Gasteiger partial charge in [-0.05, 0) is 42.6 Å². The first-order chi connectivity index (χ1) is 10.2. The zero-order chi connectivity index (χ0) is 15.1. The van der Waals surface area contributed by atoms with Crippen molar-refractivity contribution in [2.75, 3.05) is 6.54 Å². The van der Waals surface area contributed by atoms with Crippen LogP contribution in [0.5, 0.6) is 11.5 Å². The quantitative estimate of drug-likeness (QED) is 0.828. The number of hydrogen-bond donors (Lipinski definition) is 1. The number of nitrogens with zero attached hydrogens (tertiary/aromatic N) is 1. The van der Waals surface area contributed by atoms with Gasteiger partial charge in [-0.15, -0.1) is 0 Å². The maximum Gasteiger partial charge on any atom is 0.150 e. The highest BCUT2D eigenvalue weighted by molar-refractivity contribution is 5.36. The molecule has 0 bridgehead atoms. The predicted molar refractivity (Wildman–Crippen MR) is 86.7 cm³/mol. The first kappa shape index (κ1) is 15.5. The Bertz CT molecular complexity index is 549. The lowest BCUT2D eigenvalue weighted by Crippen LogP contribution is -2.19. The summed E-state index contributed by atoms with van der Waals surface area (Å²) in [4.78, 5) is 4.17. The first-order valence-electron chi connectivity index (χ1n) is 7.59. The highest BCUT2D eigenvalue weighted by Gasteiger charge is 2.05. The summed E-state index contributed by atoms with van der Waals surface area (Å²) in [5, 5.41) is 3.44. The minimum absolute atomic E-state index is 0.637. The molecule has 0 fully saturated rings. The van der Waals surface area contributed by atoms with E-state index in [4.69, 9.17) is 4.74 Å². The van der Waals surface area contributed by atoms with E-state index in [-0.39, 0.29) is 0 Å². The second-order valence-corrected chi connectivity index (χ2v) is 5.61. The number of benzene rings is 1. The van der Waals surface area contributed by atoms with Crippen LogP contribution >= 0.6 is 0 Å². The van der Waals surface area contributed by atoms with Crippen LogP contribution in [0.1, 0.15) is 31.9 Å². The number of hydrogen-bond acceptors (Lipinski definition) is 3. The number of rotatable bonds is 7. The van der Waals surface area contributed by atoms with E-state index >= 15 is 0 Å². The van der Waals surface area contributed by atoms with Crippen molar-refractivity contribution in [2.24, 2.45) is 5.92 Å². The van der Waals surface area contributed by atoms with Crippen molar-refractivity contribution in [3.8, 4) is 11.5 Å². The molecule has 0 saturated carbocycles. The van der Waals surface area contributed by atoms with E-state index in [1.165, 1.54) is 5.56 Å². The minimum Gasteiger partial charge on any atom is -0.455 e. The fourth-order valence-corrected chi connectivity index (χ4v) is 2.06. The van der Waals surface area contributed by atoms with Gasteiger partial charge < -0.3 is 10.1 Å². The minimum atomic E-state index is 0.637. The van der Waals surface area contributed by atoms with Crippen molar-refractivity contribution in [3.05, 3.63) is 53.9 Å². The average molecular weight is 284 g/mol. The van der Waals surface area contributed by atoms with E-state index in [1.807, 2.05) is 18.2 Å². The third kappa shape index (κ3) is 4.87.